The summed E-state index contributed by atoms with van der Waals surface area (Å²) in [4.78, 5) is 25.3. The molecule has 1 atom stereocenters. The molecule has 0 saturated heterocycles. The minimum Gasteiger partial charge on any atom is -0.342 e. The topological polar surface area (TPSA) is 88.9 Å². The van der Waals surface area contributed by atoms with E-state index in [1.165, 1.54) is 11.8 Å². The Morgan fingerprint density at radius 1 is 1.03 bits per heavy atom. The molecule has 0 aliphatic heterocycles. The van der Waals surface area contributed by atoms with Crippen LogP contribution < -0.4 is 10.6 Å². The molecule has 180 valence electrons. The van der Waals surface area contributed by atoms with Crippen molar-refractivity contribution in [3.8, 4) is 0 Å². The van der Waals surface area contributed by atoms with E-state index >= 15 is 0 Å². The normalized spacial score (nSPS) is 12.1. The SMILES string of the molecule is CC(C)c1ccccc1NC(=O)CSc1nnc([C@H](NC(=O)c2ccc(Cl)cc2)C(C)C)n1C. The van der Waals surface area contributed by atoms with Crippen LogP contribution in [-0.2, 0) is 11.8 Å². The first-order chi connectivity index (χ1) is 16.2. The van der Waals surface area contributed by atoms with Gasteiger partial charge in [-0.15, -0.1) is 10.2 Å². The van der Waals surface area contributed by atoms with Crippen molar-refractivity contribution in [1.29, 1.82) is 0 Å². The Morgan fingerprint density at radius 2 is 1.71 bits per heavy atom. The Labute approximate surface area is 209 Å². The molecule has 3 rings (SSSR count). The van der Waals surface area contributed by atoms with E-state index in [0.717, 1.165) is 11.3 Å². The fourth-order valence-electron chi connectivity index (χ4n) is 3.51. The predicted molar refractivity (Wildman–Crippen MR) is 137 cm³/mol. The minimum atomic E-state index is -0.346. The summed E-state index contributed by atoms with van der Waals surface area (Å²) in [6, 6.07) is 14.2. The summed E-state index contributed by atoms with van der Waals surface area (Å²) >= 11 is 7.23. The van der Waals surface area contributed by atoms with E-state index in [1.807, 2.05) is 49.7 Å². The van der Waals surface area contributed by atoms with Crippen LogP contribution in [0.1, 0.15) is 61.4 Å². The molecule has 1 aromatic heterocycles. The molecule has 2 aromatic carbocycles. The Hall–Kier alpha value is -2.84. The van der Waals surface area contributed by atoms with Gasteiger partial charge in [0.15, 0.2) is 11.0 Å². The van der Waals surface area contributed by atoms with Gasteiger partial charge in [0, 0.05) is 23.3 Å². The number of carbonyl (C=O) groups is 2. The van der Waals surface area contributed by atoms with Crippen LogP contribution in [-0.4, -0.2) is 32.3 Å². The maximum Gasteiger partial charge on any atom is 0.251 e. The maximum absolute atomic E-state index is 12.8. The first-order valence-corrected chi connectivity index (χ1v) is 12.5. The highest BCUT2D eigenvalue weighted by Gasteiger charge is 2.25. The number of nitrogens with zero attached hydrogens (tertiary/aromatic N) is 3. The minimum absolute atomic E-state index is 0.0767. The van der Waals surface area contributed by atoms with Crippen molar-refractivity contribution in [2.75, 3.05) is 11.1 Å². The van der Waals surface area contributed by atoms with Crippen LogP contribution in [0, 0.1) is 5.92 Å². The quantitative estimate of drug-likeness (QED) is 0.382. The fourth-order valence-corrected chi connectivity index (χ4v) is 4.35. The average molecular weight is 500 g/mol. The molecule has 0 aliphatic carbocycles. The van der Waals surface area contributed by atoms with E-state index in [-0.39, 0.29) is 29.5 Å². The van der Waals surface area contributed by atoms with Crippen LogP contribution >= 0.6 is 23.4 Å². The molecule has 1 heterocycles. The smallest absolute Gasteiger partial charge is 0.251 e. The molecule has 34 heavy (non-hydrogen) atoms. The van der Waals surface area contributed by atoms with Crippen LogP contribution in [0.3, 0.4) is 0 Å². The number of carbonyl (C=O) groups excluding carboxylic acids is 2. The van der Waals surface area contributed by atoms with E-state index in [2.05, 4.69) is 34.7 Å². The van der Waals surface area contributed by atoms with Gasteiger partial charge in [0.05, 0.1) is 11.8 Å². The van der Waals surface area contributed by atoms with Gasteiger partial charge >= 0.3 is 0 Å². The second-order valence-corrected chi connectivity index (χ2v) is 10.1. The number of thioether (sulfide) groups is 1. The van der Waals surface area contributed by atoms with Crippen molar-refractivity contribution in [3.05, 3.63) is 70.5 Å². The van der Waals surface area contributed by atoms with Gasteiger partial charge < -0.3 is 15.2 Å². The predicted octanol–water partition coefficient (Wildman–Crippen LogP) is 5.45. The highest BCUT2D eigenvalue weighted by molar-refractivity contribution is 7.99. The molecular weight excluding hydrogens is 470 g/mol. The molecule has 2 N–H and O–H groups in total. The molecule has 0 unspecified atom stereocenters. The molecule has 0 saturated carbocycles. The number of nitrogens with one attached hydrogen (secondary N) is 2. The van der Waals surface area contributed by atoms with Gasteiger partial charge in [0.2, 0.25) is 5.91 Å². The molecule has 9 heteroatoms. The van der Waals surface area contributed by atoms with Crippen molar-refractivity contribution < 1.29 is 9.59 Å². The van der Waals surface area contributed by atoms with Crippen molar-refractivity contribution in [1.82, 2.24) is 20.1 Å². The lowest BCUT2D eigenvalue weighted by atomic mass is 10.0. The van der Waals surface area contributed by atoms with Gasteiger partial charge in [0.25, 0.3) is 5.91 Å². The third-order valence-corrected chi connectivity index (χ3v) is 6.67. The number of anilines is 1. The lowest BCUT2D eigenvalue weighted by Gasteiger charge is -2.21. The zero-order valence-corrected chi connectivity index (χ0v) is 21.6. The standard InChI is InChI=1S/C25H30ClN5O2S/c1-15(2)19-8-6-7-9-20(19)27-21(32)14-34-25-30-29-23(31(25)5)22(16(3)4)28-24(33)17-10-12-18(26)13-11-17/h6-13,15-16,22H,14H2,1-5H3,(H,27,32)(H,28,33)/t22-/m1/s1. The molecule has 7 nitrogen and oxygen atoms in total. The summed E-state index contributed by atoms with van der Waals surface area (Å²) in [5.41, 5.74) is 2.44. The largest absolute Gasteiger partial charge is 0.342 e. The number of rotatable bonds is 9. The lowest BCUT2D eigenvalue weighted by molar-refractivity contribution is -0.113. The van der Waals surface area contributed by atoms with Crippen molar-refractivity contribution in [3.63, 3.8) is 0 Å². The van der Waals surface area contributed by atoms with Gasteiger partial charge in [-0.3, -0.25) is 9.59 Å². The molecular formula is C25H30ClN5O2S. The molecule has 0 radical (unpaired) electrons. The number of amides is 2. The summed E-state index contributed by atoms with van der Waals surface area (Å²) < 4.78 is 1.83. The summed E-state index contributed by atoms with van der Waals surface area (Å²) in [6.07, 6.45) is 0. The van der Waals surface area contributed by atoms with Crippen LogP contribution in [0.2, 0.25) is 5.02 Å². The van der Waals surface area contributed by atoms with Crippen molar-refractivity contribution in [2.45, 2.75) is 44.8 Å². The maximum atomic E-state index is 12.8. The number of hydrogen-bond donors (Lipinski definition) is 2. The molecule has 2 amide bonds. The van der Waals surface area contributed by atoms with Gasteiger partial charge in [0.1, 0.15) is 0 Å². The van der Waals surface area contributed by atoms with Crippen LogP contribution in [0.4, 0.5) is 5.69 Å². The third kappa shape index (κ3) is 6.39. The molecule has 0 fully saturated rings. The average Bonchev–Trinajstić information content (AvgIpc) is 3.16. The molecule has 0 bridgehead atoms. The van der Waals surface area contributed by atoms with Crippen molar-refractivity contribution >= 4 is 40.9 Å². The summed E-state index contributed by atoms with van der Waals surface area (Å²) in [5.74, 6) is 0.886. The van der Waals surface area contributed by atoms with Gasteiger partial charge in [-0.25, -0.2) is 0 Å². The highest BCUT2D eigenvalue weighted by Crippen LogP contribution is 2.26. The molecule has 0 spiro atoms. The second-order valence-electron chi connectivity index (χ2n) is 8.68. The van der Waals surface area contributed by atoms with E-state index in [4.69, 9.17) is 11.6 Å². The van der Waals surface area contributed by atoms with Crippen LogP contribution in [0.15, 0.2) is 53.7 Å². The first-order valence-electron chi connectivity index (χ1n) is 11.1. The monoisotopic (exact) mass is 499 g/mol. The zero-order valence-electron chi connectivity index (χ0n) is 20.0. The second kappa shape index (κ2) is 11.5. The zero-order chi connectivity index (χ0) is 24.8. The number of aromatic nitrogens is 3. The third-order valence-electron chi connectivity index (χ3n) is 5.40. The van der Waals surface area contributed by atoms with Gasteiger partial charge in [-0.1, -0.05) is 69.3 Å². The van der Waals surface area contributed by atoms with E-state index < -0.39 is 0 Å². The Morgan fingerprint density at radius 3 is 2.35 bits per heavy atom. The van der Waals surface area contributed by atoms with Crippen LogP contribution in [0.5, 0.6) is 0 Å². The number of para-hydroxylation sites is 1. The van der Waals surface area contributed by atoms with Crippen LogP contribution in [0.25, 0.3) is 0 Å². The summed E-state index contributed by atoms with van der Waals surface area (Å²) in [5, 5.41) is 15.8. The summed E-state index contributed by atoms with van der Waals surface area (Å²) in [6.45, 7) is 8.21. The van der Waals surface area contributed by atoms with E-state index in [1.54, 1.807) is 24.3 Å². The molecule has 0 aliphatic rings. The Bertz CT molecular complexity index is 1140. The first kappa shape index (κ1) is 25.8. The Balaban J connectivity index is 1.67. The van der Waals surface area contributed by atoms with E-state index in [9.17, 15) is 9.59 Å². The lowest BCUT2D eigenvalue weighted by Crippen LogP contribution is -2.33. The van der Waals surface area contributed by atoms with Gasteiger partial charge in [-0.2, -0.15) is 0 Å². The van der Waals surface area contributed by atoms with E-state index in [0.29, 0.717) is 27.5 Å². The molecule has 3 aromatic rings. The fraction of sp³-hybridized carbons (Fsp3) is 0.360. The van der Waals surface area contributed by atoms with Crippen molar-refractivity contribution in [2.24, 2.45) is 13.0 Å². The Kier molecular flexibility index (Phi) is 8.74. The highest BCUT2D eigenvalue weighted by atomic mass is 35.5. The number of hydrogen-bond acceptors (Lipinski definition) is 5. The number of halogens is 1. The van der Waals surface area contributed by atoms with Gasteiger partial charge in [-0.05, 0) is 47.7 Å². The summed E-state index contributed by atoms with van der Waals surface area (Å²) in [7, 11) is 1.84. The number of benzene rings is 2.